The highest BCUT2D eigenvalue weighted by molar-refractivity contribution is 8.13. The predicted octanol–water partition coefficient (Wildman–Crippen LogP) is 6.81. The van der Waals surface area contributed by atoms with Crippen molar-refractivity contribution in [2.24, 2.45) is 0 Å². The van der Waals surface area contributed by atoms with Crippen LogP contribution in [-0.2, 0) is 0 Å². The maximum Gasteiger partial charge on any atom is 0.432 e. The average molecular weight is 502 g/mol. The van der Waals surface area contributed by atoms with E-state index in [9.17, 15) is 26.7 Å². The molecule has 0 fully saturated rings. The van der Waals surface area contributed by atoms with Gasteiger partial charge in [0.1, 0.15) is 28.6 Å². The molecule has 0 bridgehead atoms. The molecule has 0 saturated heterocycles. The molecule has 0 radical (unpaired) electrons. The zero-order valence-electron chi connectivity index (χ0n) is 16.6. The molecule has 5 nitrogen and oxygen atoms in total. The minimum Gasteiger partial charge on any atom is -0.355 e. The van der Waals surface area contributed by atoms with E-state index in [0.717, 1.165) is 18.2 Å². The molecule has 0 spiro atoms. The van der Waals surface area contributed by atoms with Crippen LogP contribution in [0.2, 0.25) is 5.02 Å². The Morgan fingerprint density at radius 1 is 1.15 bits per heavy atom. The van der Waals surface area contributed by atoms with Crippen molar-refractivity contribution < 1.29 is 31.3 Å². The Kier molecular flexibility index (Phi) is 7.23. The molecule has 0 aliphatic rings. The summed E-state index contributed by atoms with van der Waals surface area (Å²) in [4.78, 5) is 12.7. The molecule has 3 aromatic rings. The number of para-hydroxylation sites is 1. The van der Waals surface area contributed by atoms with Gasteiger partial charge in [0.2, 0.25) is 5.12 Å². The van der Waals surface area contributed by atoms with Gasteiger partial charge >= 0.3 is 6.18 Å². The summed E-state index contributed by atoms with van der Waals surface area (Å²) in [6.45, 7) is 0. The number of halogens is 6. The Morgan fingerprint density at radius 2 is 1.82 bits per heavy atom. The molecule has 0 aliphatic carbocycles. The van der Waals surface area contributed by atoms with Crippen LogP contribution in [0, 0.1) is 17.0 Å². The number of alkyl halides is 3. The van der Waals surface area contributed by atoms with Crippen molar-refractivity contribution in [3.63, 3.8) is 0 Å². The third kappa shape index (κ3) is 4.93. The molecule has 0 unspecified atom stereocenters. The third-order valence-electron chi connectivity index (χ3n) is 4.36. The molecule has 0 saturated carbocycles. The maximum atomic E-state index is 14.5. The Labute approximate surface area is 193 Å². The highest BCUT2D eigenvalue weighted by Crippen LogP contribution is 2.40. The van der Waals surface area contributed by atoms with E-state index in [4.69, 9.17) is 21.5 Å². The first-order valence-corrected chi connectivity index (χ1v) is 10.6. The number of benzene rings is 2. The molecular weight excluding hydrogens is 489 g/mol. The molecule has 3 rings (SSSR count). The molecule has 1 aromatic heterocycles. The summed E-state index contributed by atoms with van der Waals surface area (Å²) < 4.78 is 75.4. The second kappa shape index (κ2) is 9.75. The van der Waals surface area contributed by atoms with Crippen LogP contribution in [0.3, 0.4) is 0 Å². The first-order chi connectivity index (χ1) is 15.6. The van der Waals surface area contributed by atoms with Gasteiger partial charge in [0.25, 0.3) is 0 Å². The number of carbonyl (C=O) groups excluding carboxylic acids is 1. The minimum absolute atomic E-state index is 0.161. The molecule has 2 aromatic carbocycles. The van der Waals surface area contributed by atoms with Crippen molar-refractivity contribution in [1.29, 1.82) is 5.41 Å². The Balaban J connectivity index is 2.33. The van der Waals surface area contributed by atoms with Crippen molar-refractivity contribution in [2.45, 2.75) is 6.18 Å². The van der Waals surface area contributed by atoms with E-state index < -0.39 is 56.9 Å². The van der Waals surface area contributed by atoms with Gasteiger partial charge in [0.15, 0.2) is 5.76 Å². The highest BCUT2D eigenvalue weighted by Gasteiger charge is 2.40. The molecule has 0 atom stereocenters. The lowest BCUT2D eigenvalue weighted by atomic mass is 10.0. The number of aromatic nitrogens is 1. The standard InChI is InChI=1S/C21H13ClF5N3O2S/c1-33-20(31)16-17(15-11(22)5-4-7-13(15)24)30-32-18(16)10(9-28)19(21(25,26)27)29-14-8-3-2-6-12(14)23/h2-9,28-29H,1H3/b19-10+,28-9?. The largest absolute Gasteiger partial charge is 0.432 e. The monoisotopic (exact) mass is 501 g/mol. The lowest BCUT2D eigenvalue weighted by Crippen LogP contribution is -2.22. The first-order valence-electron chi connectivity index (χ1n) is 8.96. The van der Waals surface area contributed by atoms with Crippen molar-refractivity contribution in [3.8, 4) is 11.3 Å². The van der Waals surface area contributed by atoms with Crippen LogP contribution in [0.4, 0.5) is 27.6 Å². The van der Waals surface area contributed by atoms with E-state index >= 15 is 0 Å². The molecule has 1 heterocycles. The number of nitrogens with zero attached hydrogens (tertiary/aromatic N) is 1. The fourth-order valence-electron chi connectivity index (χ4n) is 2.90. The van der Waals surface area contributed by atoms with Gasteiger partial charge in [-0.25, -0.2) is 8.78 Å². The van der Waals surface area contributed by atoms with E-state index in [1.807, 2.05) is 5.32 Å². The van der Waals surface area contributed by atoms with Crippen LogP contribution >= 0.6 is 23.4 Å². The van der Waals surface area contributed by atoms with Crippen LogP contribution in [0.15, 0.2) is 52.7 Å². The number of hydrogen-bond donors (Lipinski definition) is 2. The van der Waals surface area contributed by atoms with Gasteiger partial charge in [-0.3, -0.25) is 4.79 Å². The number of nitrogens with one attached hydrogen (secondary N) is 2. The minimum atomic E-state index is -5.13. The van der Waals surface area contributed by atoms with Gasteiger partial charge in [-0.05, 0) is 30.5 Å². The van der Waals surface area contributed by atoms with Crippen molar-refractivity contribution in [1.82, 2.24) is 5.16 Å². The number of rotatable bonds is 6. The Morgan fingerprint density at radius 3 is 2.39 bits per heavy atom. The topological polar surface area (TPSA) is 79.0 Å². The molecular formula is C21H13ClF5N3O2S. The summed E-state index contributed by atoms with van der Waals surface area (Å²) in [7, 11) is 0. The molecule has 12 heteroatoms. The summed E-state index contributed by atoms with van der Waals surface area (Å²) in [6, 6.07) is 8.20. The van der Waals surface area contributed by atoms with E-state index in [1.165, 1.54) is 30.5 Å². The van der Waals surface area contributed by atoms with Crippen LogP contribution in [-0.4, -0.2) is 28.9 Å². The van der Waals surface area contributed by atoms with Crippen LogP contribution in [0.25, 0.3) is 16.8 Å². The average Bonchev–Trinajstić information content (AvgIpc) is 3.18. The zero-order chi connectivity index (χ0) is 24.3. The molecule has 33 heavy (non-hydrogen) atoms. The summed E-state index contributed by atoms with van der Waals surface area (Å²) >= 11 is 6.64. The summed E-state index contributed by atoms with van der Waals surface area (Å²) in [5.41, 5.74) is -4.37. The van der Waals surface area contributed by atoms with E-state index in [2.05, 4.69) is 5.16 Å². The number of anilines is 1. The van der Waals surface area contributed by atoms with E-state index in [-0.39, 0.29) is 16.8 Å². The lowest BCUT2D eigenvalue weighted by molar-refractivity contribution is -0.0896. The number of hydrogen-bond acceptors (Lipinski definition) is 6. The van der Waals surface area contributed by atoms with Gasteiger partial charge < -0.3 is 15.2 Å². The molecule has 2 N–H and O–H groups in total. The zero-order valence-corrected chi connectivity index (χ0v) is 18.1. The van der Waals surface area contributed by atoms with Gasteiger partial charge in [0.05, 0.1) is 21.8 Å². The normalized spacial score (nSPS) is 12.3. The smallest absolute Gasteiger partial charge is 0.355 e. The van der Waals surface area contributed by atoms with Gasteiger partial charge in [-0.2, -0.15) is 13.2 Å². The number of thioether (sulfide) groups is 1. The van der Waals surface area contributed by atoms with Crippen molar-refractivity contribution in [2.75, 3.05) is 11.6 Å². The predicted molar refractivity (Wildman–Crippen MR) is 117 cm³/mol. The van der Waals surface area contributed by atoms with Crippen LogP contribution in [0.5, 0.6) is 0 Å². The van der Waals surface area contributed by atoms with Crippen LogP contribution in [0.1, 0.15) is 16.1 Å². The van der Waals surface area contributed by atoms with E-state index in [1.54, 1.807) is 0 Å². The lowest BCUT2D eigenvalue weighted by Gasteiger charge is -2.17. The number of allylic oxidation sites excluding steroid dienone is 2. The summed E-state index contributed by atoms with van der Waals surface area (Å²) in [5.74, 6) is -2.63. The fourth-order valence-corrected chi connectivity index (χ4v) is 3.55. The third-order valence-corrected chi connectivity index (χ3v) is 5.25. The van der Waals surface area contributed by atoms with Crippen molar-refractivity contribution in [3.05, 3.63) is 76.1 Å². The Hall–Kier alpha value is -3.18. The summed E-state index contributed by atoms with van der Waals surface area (Å²) in [6.07, 6.45) is -3.50. The molecule has 172 valence electrons. The quantitative estimate of drug-likeness (QED) is 0.286. The van der Waals surface area contributed by atoms with Crippen molar-refractivity contribution >= 4 is 46.0 Å². The number of carbonyl (C=O) groups is 1. The highest BCUT2D eigenvalue weighted by atomic mass is 35.5. The maximum absolute atomic E-state index is 14.5. The van der Waals surface area contributed by atoms with Gasteiger partial charge in [-0.1, -0.05) is 46.7 Å². The van der Waals surface area contributed by atoms with E-state index in [0.29, 0.717) is 11.8 Å². The molecule has 0 amide bonds. The summed E-state index contributed by atoms with van der Waals surface area (Å²) in [5, 5.41) is 12.1. The Bertz CT molecular complexity index is 1240. The second-order valence-corrected chi connectivity index (χ2v) is 7.55. The van der Waals surface area contributed by atoms with Gasteiger partial charge in [0, 0.05) is 6.21 Å². The second-order valence-electron chi connectivity index (χ2n) is 6.36. The van der Waals surface area contributed by atoms with Crippen LogP contribution < -0.4 is 5.32 Å². The first kappa shape index (κ1) is 24.5. The fraction of sp³-hybridized carbons (Fsp3) is 0.0952. The van der Waals surface area contributed by atoms with Gasteiger partial charge in [-0.15, -0.1) is 0 Å². The molecule has 0 aliphatic heterocycles. The SMILES string of the molecule is CSC(=O)c1c(-c2c(F)cccc2Cl)noc1/C(C=N)=C(/Nc1ccccc1F)C(F)(F)F.